The Labute approximate surface area is 150 Å². The lowest BCUT2D eigenvalue weighted by Gasteiger charge is -2.29. The first kappa shape index (κ1) is 18.3. The molecule has 23 heavy (non-hydrogen) atoms. The fourth-order valence-corrected chi connectivity index (χ4v) is 4.01. The Morgan fingerprint density at radius 2 is 1.61 bits per heavy atom. The van der Waals surface area contributed by atoms with Gasteiger partial charge in [-0.1, -0.05) is 40.9 Å². The minimum atomic E-state index is -3.91. The highest BCUT2D eigenvalue weighted by Gasteiger charge is 2.43. The molecule has 1 atom stereocenters. The van der Waals surface area contributed by atoms with Gasteiger partial charge in [0, 0.05) is 5.57 Å². The van der Waals surface area contributed by atoms with E-state index in [4.69, 9.17) is 34.8 Å². The third-order valence-corrected chi connectivity index (χ3v) is 6.38. The van der Waals surface area contributed by atoms with Crippen LogP contribution in [-0.2, 0) is 14.8 Å². The summed E-state index contributed by atoms with van der Waals surface area (Å²) in [6, 6.07) is 6.27. The minimum absolute atomic E-state index is 0.0513. The van der Waals surface area contributed by atoms with Crippen LogP contribution in [0.1, 0.15) is 19.4 Å². The number of halogens is 3. The number of aryl methyl sites for hydroxylation is 1. The molecule has 0 spiro atoms. The molecule has 0 saturated carbocycles. The number of hydrogen-bond acceptors (Lipinski definition) is 3. The van der Waals surface area contributed by atoms with Gasteiger partial charge in [-0.3, -0.25) is 9.52 Å². The van der Waals surface area contributed by atoms with E-state index < -0.39 is 20.7 Å². The highest BCUT2D eigenvalue weighted by Crippen LogP contribution is 2.41. The van der Waals surface area contributed by atoms with Crippen molar-refractivity contribution in [1.29, 1.82) is 0 Å². The maximum absolute atomic E-state index is 12.5. The van der Waals surface area contributed by atoms with Crippen molar-refractivity contribution < 1.29 is 13.2 Å². The van der Waals surface area contributed by atoms with Crippen molar-refractivity contribution in [3.63, 3.8) is 0 Å². The van der Waals surface area contributed by atoms with Crippen LogP contribution in [0, 0.1) is 6.92 Å². The standard InChI is InChI=1S/C15H14Cl3NO3S/c1-8-4-6-10(7-5-8)23(21,22)19-12-11(16)9(2)14(20)15(3,18)13(12)17/h4-7,19H,1-3H3/t15-/m1/s1. The molecule has 1 aromatic rings. The van der Waals surface area contributed by atoms with Gasteiger partial charge < -0.3 is 0 Å². The fourth-order valence-electron chi connectivity index (χ4n) is 2.07. The van der Waals surface area contributed by atoms with E-state index in [1.165, 1.54) is 26.0 Å². The van der Waals surface area contributed by atoms with E-state index in [0.717, 1.165) is 5.56 Å². The van der Waals surface area contributed by atoms with Crippen molar-refractivity contribution >= 4 is 50.6 Å². The van der Waals surface area contributed by atoms with Crippen molar-refractivity contribution in [1.82, 2.24) is 4.72 Å². The van der Waals surface area contributed by atoms with E-state index in [2.05, 4.69) is 4.72 Å². The molecule has 8 heteroatoms. The predicted octanol–water partition coefficient (Wildman–Crippen LogP) is 3.82. The van der Waals surface area contributed by atoms with Crippen molar-refractivity contribution in [3.05, 3.63) is 51.2 Å². The van der Waals surface area contributed by atoms with Crippen LogP contribution in [0.2, 0.25) is 0 Å². The molecule has 1 N–H and O–H groups in total. The number of Topliss-reactive ketones (excluding diaryl/α,β-unsaturated/α-hetero) is 1. The number of alkyl halides is 1. The summed E-state index contributed by atoms with van der Waals surface area (Å²) in [5.74, 6) is -0.465. The molecule has 0 amide bonds. The normalized spacial score (nSPS) is 22.6. The maximum Gasteiger partial charge on any atom is 0.261 e. The lowest BCUT2D eigenvalue weighted by Crippen LogP contribution is -2.38. The number of carbonyl (C=O) groups is 1. The number of sulfonamides is 1. The summed E-state index contributed by atoms with van der Waals surface area (Å²) in [5, 5.41) is -0.218. The molecule has 0 aliphatic heterocycles. The highest BCUT2D eigenvalue weighted by molar-refractivity contribution is 7.89. The van der Waals surface area contributed by atoms with E-state index in [9.17, 15) is 13.2 Å². The van der Waals surface area contributed by atoms with Gasteiger partial charge in [0.15, 0.2) is 5.78 Å². The third kappa shape index (κ3) is 3.29. The quantitative estimate of drug-likeness (QED) is 0.793. The molecule has 1 aromatic carbocycles. The van der Waals surface area contributed by atoms with Gasteiger partial charge in [-0.25, -0.2) is 8.42 Å². The van der Waals surface area contributed by atoms with Crippen LogP contribution in [0.15, 0.2) is 50.5 Å². The Morgan fingerprint density at radius 3 is 2.13 bits per heavy atom. The lowest BCUT2D eigenvalue weighted by molar-refractivity contribution is -0.116. The van der Waals surface area contributed by atoms with E-state index in [0.29, 0.717) is 0 Å². The molecule has 4 nitrogen and oxygen atoms in total. The SMILES string of the molecule is CC1=C(Cl)C(NS(=O)(=O)c2ccc(C)cc2)=C(Cl)[C@@](C)(Cl)C1=O. The molecule has 0 fully saturated rings. The molecule has 0 unspecified atom stereocenters. The number of rotatable bonds is 3. The Balaban J connectivity index is 2.51. The van der Waals surface area contributed by atoms with Crippen molar-refractivity contribution in [2.24, 2.45) is 0 Å². The molecule has 0 aromatic heterocycles. The molecule has 0 radical (unpaired) electrons. The Hall–Kier alpha value is -1.01. The van der Waals surface area contributed by atoms with Gasteiger partial charge in [0.1, 0.15) is 4.87 Å². The van der Waals surface area contributed by atoms with Gasteiger partial charge in [-0.2, -0.15) is 0 Å². The zero-order chi connectivity index (χ0) is 17.6. The molecule has 1 aliphatic rings. The van der Waals surface area contributed by atoms with Crippen LogP contribution in [0.5, 0.6) is 0 Å². The molecular formula is C15H14Cl3NO3S. The second-order valence-corrected chi connectivity index (χ2v) is 8.57. The van der Waals surface area contributed by atoms with Crippen LogP contribution in [0.25, 0.3) is 0 Å². The predicted molar refractivity (Wildman–Crippen MR) is 92.2 cm³/mol. The van der Waals surface area contributed by atoms with Gasteiger partial charge in [0.25, 0.3) is 10.0 Å². The number of allylic oxidation sites excluding steroid dienone is 3. The van der Waals surface area contributed by atoms with Crippen LogP contribution >= 0.6 is 34.8 Å². The van der Waals surface area contributed by atoms with Crippen LogP contribution in [-0.4, -0.2) is 19.1 Å². The van der Waals surface area contributed by atoms with Gasteiger partial charge in [-0.05, 0) is 32.9 Å². The second-order valence-electron chi connectivity index (χ2n) is 5.38. The van der Waals surface area contributed by atoms with Crippen molar-refractivity contribution in [2.75, 3.05) is 0 Å². The monoisotopic (exact) mass is 393 g/mol. The number of nitrogens with one attached hydrogen (secondary N) is 1. The first-order chi connectivity index (χ1) is 10.5. The third-order valence-electron chi connectivity index (χ3n) is 3.52. The van der Waals surface area contributed by atoms with E-state index >= 15 is 0 Å². The van der Waals surface area contributed by atoms with E-state index in [-0.39, 0.29) is 26.2 Å². The lowest BCUT2D eigenvalue weighted by atomic mass is 9.92. The molecule has 1 aliphatic carbocycles. The van der Waals surface area contributed by atoms with E-state index in [1.54, 1.807) is 12.1 Å². The van der Waals surface area contributed by atoms with Crippen LogP contribution in [0.3, 0.4) is 0 Å². The topological polar surface area (TPSA) is 63.2 Å². The molecular weight excluding hydrogens is 381 g/mol. The highest BCUT2D eigenvalue weighted by atomic mass is 35.5. The van der Waals surface area contributed by atoms with E-state index in [1.807, 2.05) is 6.92 Å². The second kappa shape index (κ2) is 6.13. The molecule has 2 rings (SSSR count). The fraction of sp³-hybridized carbons (Fsp3) is 0.267. The van der Waals surface area contributed by atoms with Crippen molar-refractivity contribution in [2.45, 2.75) is 30.5 Å². The smallest absolute Gasteiger partial charge is 0.261 e. The zero-order valence-electron chi connectivity index (χ0n) is 12.6. The zero-order valence-corrected chi connectivity index (χ0v) is 15.7. The summed E-state index contributed by atoms with van der Waals surface area (Å²) in [5.41, 5.74) is 0.991. The van der Waals surface area contributed by atoms with Crippen LogP contribution < -0.4 is 4.72 Å². The van der Waals surface area contributed by atoms with Gasteiger partial charge >= 0.3 is 0 Å². The Morgan fingerprint density at radius 1 is 1.09 bits per heavy atom. The largest absolute Gasteiger partial charge is 0.292 e. The van der Waals surface area contributed by atoms with Gasteiger partial charge in [0.05, 0.1) is 20.7 Å². The molecule has 0 bridgehead atoms. The number of carbonyl (C=O) groups excluding carboxylic acids is 1. The molecule has 124 valence electrons. The summed E-state index contributed by atoms with van der Waals surface area (Å²) in [7, 11) is -3.91. The number of hydrogen-bond donors (Lipinski definition) is 1. The number of ketones is 1. The summed E-state index contributed by atoms with van der Waals surface area (Å²) in [4.78, 5) is 10.6. The first-order valence-corrected chi connectivity index (χ1v) is 9.20. The average molecular weight is 395 g/mol. The minimum Gasteiger partial charge on any atom is -0.292 e. The molecule has 0 saturated heterocycles. The maximum atomic E-state index is 12.5. The average Bonchev–Trinajstić information content (AvgIpc) is 2.49. The Kier molecular flexibility index (Phi) is 4.89. The molecule has 0 heterocycles. The Bertz CT molecular complexity index is 837. The summed E-state index contributed by atoms with van der Waals surface area (Å²) in [6.07, 6.45) is 0. The number of benzene rings is 1. The van der Waals surface area contributed by atoms with Crippen molar-refractivity contribution in [3.8, 4) is 0 Å². The van der Waals surface area contributed by atoms with Crippen LogP contribution in [0.4, 0.5) is 0 Å². The first-order valence-electron chi connectivity index (χ1n) is 6.58. The summed E-state index contributed by atoms with van der Waals surface area (Å²) >= 11 is 18.4. The van der Waals surface area contributed by atoms with Gasteiger partial charge in [0.2, 0.25) is 0 Å². The van der Waals surface area contributed by atoms with Gasteiger partial charge in [-0.15, -0.1) is 11.6 Å². The summed E-state index contributed by atoms with van der Waals surface area (Å²) < 4.78 is 27.3. The summed E-state index contributed by atoms with van der Waals surface area (Å²) in [6.45, 7) is 4.71.